The number of hydrogen-bond donors (Lipinski definition) is 0. The predicted octanol–water partition coefficient (Wildman–Crippen LogP) is 6.54. The fourth-order valence-corrected chi connectivity index (χ4v) is 3.25. The first kappa shape index (κ1) is 19.7. The summed E-state index contributed by atoms with van der Waals surface area (Å²) in [6, 6.07) is 22.2. The standard InChI is InChI=1S/C25H20F2N2O/c1-25(2,17-7-5-8-19(15-17)30-24-11-3-4-14-28-24)23-10-6-9-22(29-23)20-13-12-18(26)16-21(20)27/h3-16H,1-2H3. The molecule has 150 valence electrons. The van der Waals surface area contributed by atoms with E-state index in [1.165, 1.54) is 12.1 Å². The van der Waals surface area contributed by atoms with Crippen molar-refractivity contribution in [1.82, 2.24) is 9.97 Å². The van der Waals surface area contributed by atoms with Gasteiger partial charge in [-0.2, -0.15) is 0 Å². The molecule has 0 aliphatic carbocycles. The molecule has 0 fully saturated rings. The van der Waals surface area contributed by atoms with Gasteiger partial charge in [0.05, 0.1) is 11.4 Å². The molecule has 0 amide bonds. The number of aromatic nitrogens is 2. The van der Waals surface area contributed by atoms with Crippen molar-refractivity contribution < 1.29 is 13.5 Å². The molecule has 0 spiro atoms. The first-order valence-electron chi connectivity index (χ1n) is 9.56. The molecule has 2 aromatic heterocycles. The molecule has 4 rings (SSSR count). The molecule has 0 unspecified atom stereocenters. The van der Waals surface area contributed by atoms with Crippen LogP contribution >= 0.6 is 0 Å². The SMILES string of the molecule is CC(C)(c1cccc(Oc2ccccn2)c1)c1cccc(-c2ccc(F)cc2F)n1. The number of nitrogens with zero attached hydrogens (tertiary/aromatic N) is 2. The molecule has 5 heteroatoms. The van der Waals surface area contributed by atoms with E-state index in [9.17, 15) is 8.78 Å². The van der Waals surface area contributed by atoms with Crippen molar-refractivity contribution in [3.8, 4) is 22.9 Å². The normalized spacial score (nSPS) is 11.3. The molecule has 0 saturated heterocycles. The van der Waals surface area contributed by atoms with Gasteiger partial charge in [-0.15, -0.1) is 0 Å². The van der Waals surface area contributed by atoms with Gasteiger partial charge in [0.15, 0.2) is 0 Å². The van der Waals surface area contributed by atoms with Crippen molar-refractivity contribution in [3.05, 3.63) is 108 Å². The molecule has 2 aromatic carbocycles. The summed E-state index contributed by atoms with van der Waals surface area (Å²) in [7, 11) is 0. The van der Waals surface area contributed by atoms with Crippen molar-refractivity contribution in [1.29, 1.82) is 0 Å². The van der Waals surface area contributed by atoms with Gasteiger partial charge in [-0.05, 0) is 48.0 Å². The lowest BCUT2D eigenvalue weighted by Crippen LogP contribution is -2.20. The maximum atomic E-state index is 14.2. The van der Waals surface area contributed by atoms with E-state index in [1.807, 2.05) is 62.4 Å². The van der Waals surface area contributed by atoms with Crippen molar-refractivity contribution in [2.45, 2.75) is 19.3 Å². The van der Waals surface area contributed by atoms with E-state index in [1.54, 1.807) is 18.3 Å². The van der Waals surface area contributed by atoms with Crippen LogP contribution in [-0.2, 0) is 5.41 Å². The lowest BCUT2D eigenvalue weighted by molar-refractivity contribution is 0.460. The average molecular weight is 402 g/mol. The quantitative estimate of drug-likeness (QED) is 0.380. The van der Waals surface area contributed by atoms with E-state index in [0.717, 1.165) is 17.3 Å². The van der Waals surface area contributed by atoms with Crippen LogP contribution in [0.4, 0.5) is 8.78 Å². The molecular formula is C25H20F2N2O. The van der Waals surface area contributed by atoms with Gasteiger partial charge in [-0.25, -0.2) is 13.8 Å². The molecule has 0 saturated carbocycles. The van der Waals surface area contributed by atoms with Gasteiger partial charge in [0, 0.05) is 29.3 Å². The molecule has 0 radical (unpaired) electrons. The van der Waals surface area contributed by atoms with E-state index in [2.05, 4.69) is 9.97 Å². The highest BCUT2D eigenvalue weighted by atomic mass is 19.1. The smallest absolute Gasteiger partial charge is 0.219 e. The second-order valence-electron chi connectivity index (χ2n) is 7.46. The Labute approximate surface area is 174 Å². The molecule has 3 nitrogen and oxygen atoms in total. The highest BCUT2D eigenvalue weighted by Gasteiger charge is 2.26. The van der Waals surface area contributed by atoms with Crippen LogP contribution in [0.1, 0.15) is 25.1 Å². The molecule has 2 heterocycles. The summed E-state index contributed by atoms with van der Waals surface area (Å²) in [5, 5.41) is 0. The maximum Gasteiger partial charge on any atom is 0.219 e. The van der Waals surface area contributed by atoms with E-state index >= 15 is 0 Å². The summed E-state index contributed by atoms with van der Waals surface area (Å²) in [6.07, 6.45) is 1.67. The van der Waals surface area contributed by atoms with Gasteiger partial charge < -0.3 is 4.74 Å². The van der Waals surface area contributed by atoms with Crippen LogP contribution in [0.2, 0.25) is 0 Å². The molecule has 0 N–H and O–H groups in total. The van der Waals surface area contributed by atoms with E-state index in [0.29, 0.717) is 17.3 Å². The summed E-state index contributed by atoms with van der Waals surface area (Å²) in [6.45, 7) is 4.08. The van der Waals surface area contributed by atoms with Crippen LogP contribution in [0.25, 0.3) is 11.3 Å². The maximum absolute atomic E-state index is 14.2. The lowest BCUT2D eigenvalue weighted by Gasteiger charge is -2.26. The van der Waals surface area contributed by atoms with Crippen LogP contribution in [0.15, 0.2) is 85.1 Å². The van der Waals surface area contributed by atoms with E-state index in [-0.39, 0.29) is 5.56 Å². The second-order valence-corrected chi connectivity index (χ2v) is 7.46. The van der Waals surface area contributed by atoms with E-state index < -0.39 is 17.0 Å². The Kier molecular flexibility index (Phi) is 5.27. The molecular weight excluding hydrogens is 382 g/mol. The predicted molar refractivity (Wildman–Crippen MR) is 112 cm³/mol. The zero-order valence-corrected chi connectivity index (χ0v) is 16.6. The topological polar surface area (TPSA) is 35.0 Å². The van der Waals surface area contributed by atoms with Crippen LogP contribution in [0, 0.1) is 11.6 Å². The first-order chi connectivity index (χ1) is 14.4. The number of halogens is 2. The average Bonchev–Trinajstić information content (AvgIpc) is 2.75. The molecule has 0 bridgehead atoms. The largest absolute Gasteiger partial charge is 0.439 e. The zero-order valence-electron chi connectivity index (χ0n) is 16.6. The van der Waals surface area contributed by atoms with Crippen molar-refractivity contribution in [3.63, 3.8) is 0 Å². The Morgan fingerprint density at radius 3 is 2.43 bits per heavy atom. The molecule has 0 aliphatic heterocycles. The number of pyridine rings is 2. The highest BCUT2D eigenvalue weighted by molar-refractivity contribution is 5.60. The number of hydrogen-bond acceptors (Lipinski definition) is 3. The van der Waals surface area contributed by atoms with Gasteiger partial charge in [-0.1, -0.05) is 38.1 Å². The molecule has 0 atom stereocenters. The number of rotatable bonds is 5. The molecule has 4 aromatic rings. The van der Waals surface area contributed by atoms with Gasteiger partial charge in [0.25, 0.3) is 0 Å². The third kappa shape index (κ3) is 4.06. The Morgan fingerprint density at radius 2 is 1.67 bits per heavy atom. The van der Waals surface area contributed by atoms with Crippen LogP contribution in [0.5, 0.6) is 11.6 Å². The Hall–Kier alpha value is -3.60. The van der Waals surface area contributed by atoms with Gasteiger partial charge in [0.1, 0.15) is 17.4 Å². The highest BCUT2D eigenvalue weighted by Crippen LogP contribution is 2.34. The van der Waals surface area contributed by atoms with Crippen LogP contribution < -0.4 is 4.74 Å². The monoisotopic (exact) mass is 402 g/mol. The Balaban J connectivity index is 1.68. The minimum Gasteiger partial charge on any atom is -0.439 e. The minimum atomic E-state index is -0.636. The van der Waals surface area contributed by atoms with Gasteiger partial charge in [0.2, 0.25) is 5.88 Å². The summed E-state index contributed by atoms with van der Waals surface area (Å²) >= 11 is 0. The Morgan fingerprint density at radius 1 is 0.833 bits per heavy atom. The summed E-state index contributed by atoms with van der Waals surface area (Å²) in [4.78, 5) is 8.87. The fraction of sp³-hybridized carbons (Fsp3) is 0.120. The first-order valence-corrected chi connectivity index (χ1v) is 9.56. The fourth-order valence-electron chi connectivity index (χ4n) is 3.25. The summed E-state index contributed by atoms with van der Waals surface area (Å²) in [5.41, 5.74) is 2.00. The zero-order chi connectivity index (χ0) is 21.1. The molecule has 30 heavy (non-hydrogen) atoms. The Bertz CT molecular complexity index is 1180. The minimum absolute atomic E-state index is 0.265. The van der Waals surface area contributed by atoms with Crippen molar-refractivity contribution in [2.75, 3.05) is 0 Å². The van der Waals surface area contributed by atoms with Crippen LogP contribution in [0.3, 0.4) is 0 Å². The van der Waals surface area contributed by atoms with Crippen LogP contribution in [-0.4, -0.2) is 9.97 Å². The third-order valence-corrected chi connectivity index (χ3v) is 5.01. The second kappa shape index (κ2) is 8.03. The van der Waals surface area contributed by atoms with Crippen molar-refractivity contribution in [2.24, 2.45) is 0 Å². The lowest BCUT2D eigenvalue weighted by atomic mass is 9.81. The third-order valence-electron chi connectivity index (χ3n) is 5.01. The number of ether oxygens (including phenoxy) is 1. The number of benzene rings is 2. The van der Waals surface area contributed by atoms with E-state index in [4.69, 9.17) is 4.74 Å². The summed E-state index contributed by atoms with van der Waals surface area (Å²) < 4.78 is 33.4. The van der Waals surface area contributed by atoms with Gasteiger partial charge >= 0.3 is 0 Å². The summed E-state index contributed by atoms with van der Waals surface area (Å²) in [5.74, 6) is -0.0694. The van der Waals surface area contributed by atoms with Gasteiger partial charge in [-0.3, -0.25) is 4.98 Å². The molecule has 0 aliphatic rings. The van der Waals surface area contributed by atoms with Crippen molar-refractivity contribution >= 4 is 0 Å².